The molecule has 0 aromatic heterocycles. The molecule has 0 spiro atoms. The molecule has 1 fully saturated rings. The predicted molar refractivity (Wildman–Crippen MR) is 87.2 cm³/mol. The van der Waals surface area contributed by atoms with Gasteiger partial charge in [-0.3, -0.25) is 0 Å². The third kappa shape index (κ3) is 1.39. The molecule has 1 saturated carbocycles. The Morgan fingerprint density at radius 3 is 1.94 bits per heavy atom. The molecule has 6 atom stereocenters. The van der Waals surface area contributed by atoms with E-state index in [1.165, 1.54) is 0 Å². The fraction of sp³-hybridized carbons (Fsp3) is 0.600. The van der Waals surface area contributed by atoms with Crippen molar-refractivity contribution in [1.29, 1.82) is 0 Å². The highest BCUT2D eigenvalue weighted by Gasteiger charge is 2.83. The van der Waals surface area contributed by atoms with Gasteiger partial charge in [-0.1, -0.05) is 58.6 Å². The Balaban J connectivity index is 0.00000120. The minimum atomic E-state index is -1.48. The smallest absolute Gasteiger partial charge is 0.153 e. The van der Waals surface area contributed by atoms with Gasteiger partial charge in [0.15, 0.2) is 4.33 Å². The van der Waals surface area contributed by atoms with Crippen molar-refractivity contribution in [3.05, 3.63) is 22.2 Å². The van der Waals surface area contributed by atoms with Crippen LogP contribution in [-0.2, 0) is 0 Å². The Morgan fingerprint density at radius 2 is 1.39 bits per heavy atom. The van der Waals surface area contributed by atoms with Gasteiger partial charge in [-0.2, -0.15) is 9.90 Å². The summed E-state index contributed by atoms with van der Waals surface area (Å²) in [6, 6.07) is 0. The molecule has 3 aliphatic rings. The van der Waals surface area contributed by atoms with Crippen LogP contribution < -0.4 is 0 Å². The number of alkyl halides is 5. The van der Waals surface area contributed by atoms with Crippen molar-refractivity contribution in [2.75, 3.05) is 0 Å². The highest BCUT2D eigenvalue weighted by Crippen LogP contribution is 2.78. The molecule has 0 heterocycles. The number of fused-ring (bicyclic) bond motifs is 5. The van der Waals surface area contributed by atoms with E-state index in [0.29, 0.717) is 0 Å². The second-order valence-corrected chi connectivity index (χ2v) is 8.29. The Hall–Kier alpha value is 1.94. The molecule has 8 heteroatoms. The SMILES string of the molecule is ClC1=C(Cl)C2(Cl)C3C(Cl)C=CC3C1(Cl)C2(Cl)Cl.P. The summed E-state index contributed by atoms with van der Waals surface area (Å²) in [6.07, 6.45) is 3.69. The first-order valence-electron chi connectivity index (χ1n) is 4.85. The zero-order valence-corrected chi connectivity index (χ0v) is 15.4. The average Bonchev–Trinajstić information content (AvgIpc) is 2.73. The molecule has 2 bridgehead atoms. The Bertz CT molecular complexity index is 473. The van der Waals surface area contributed by atoms with E-state index in [2.05, 4.69) is 0 Å². The van der Waals surface area contributed by atoms with Crippen LogP contribution in [0.2, 0.25) is 0 Å². The van der Waals surface area contributed by atoms with Gasteiger partial charge in [-0.15, -0.1) is 34.8 Å². The molecule has 6 unspecified atom stereocenters. The second kappa shape index (κ2) is 4.47. The van der Waals surface area contributed by atoms with E-state index in [4.69, 9.17) is 81.2 Å². The van der Waals surface area contributed by atoms with Crippen LogP contribution in [0.15, 0.2) is 22.2 Å². The van der Waals surface area contributed by atoms with Crippen LogP contribution >= 0.6 is 91.1 Å². The molecular formula is C10H8Cl7P. The Kier molecular flexibility index (Phi) is 4.05. The van der Waals surface area contributed by atoms with Crippen LogP contribution in [0.3, 0.4) is 0 Å². The summed E-state index contributed by atoms with van der Waals surface area (Å²) in [6.45, 7) is 0. The largest absolute Gasteiger partial charge is 0.167 e. The van der Waals surface area contributed by atoms with Crippen molar-refractivity contribution in [3.8, 4) is 0 Å². The zero-order valence-electron chi connectivity index (χ0n) is 8.74. The van der Waals surface area contributed by atoms with Gasteiger partial charge in [0.25, 0.3) is 0 Å². The first-order valence-corrected chi connectivity index (χ1v) is 7.55. The molecule has 18 heavy (non-hydrogen) atoms. The van der Waals surface area contributed by atoms with Gasteiger partial charge in [0.2, 0.25) is 0 Å². The Morgan fingerprint density at radius 1 is 0.889 bits per heavy atom. The van der Waals surface area contributed by atoms with Gasteiger partial charge in [-0.25, -0.2) is 0 Å². The van der Waals surface area contributed by atoms with Crippen molar-refractivity contribution in [2.24, 2.45) is 11.8 Å². The molecule has 0 nitrogen and oxygen atoms in total. The van der Waals surface area contributed by atoms with Crippen molar-refractivity contribution in [2.45, 2.75) is 19.5 Å². The molecule has 0 radical (unpaired) electrons. The van der Waals surface area contributed by atoms with Gasteiger partial charge < -0.3 is 0 Å². The molecule has 0 aromatic rings. The first kappa shape index (κ1) is 16.3. The summed E-state index contributed by atoms with van der Waals surface area (Å²) in [7, 11) is 0. The standard InChI is InChI=1S/C10H5Cl7.H3P/c11-4-2-1-3-5(4)9(15)7(13)6(12)8(3,14)10(9,16)17;/h1-5H;1H3. The lowest BCUT2D eigenvalue weighted by molar-refractivity contribution is 0.420. The van der Waals surface area contributed by atoms with Crippen molar-refractivity contribution < 1.29 is 0 Å². The monoisotopic (exact) mass is 404 g/mol. The predicted octanol–water partition coefficient (Wildman–Crippen LogP) is 5.30. The molecular weight excluding hydrogens is 399 g/mol. The normalized spacial score (nSPS) is 51.6. The molecule has 0 aliphatic heterocycles. The van der Waals surface area contributed by atoms with Gasteiger partial charge in [0, 0.05) is 11.8 Å². The lowest BCUT2D eigenvalue weighted by atomic mass is 9.84. The third-order valence-electron chi connectivity index (χ3n) is 3.90. The molecule has 3 rings (SSSR count). The van der Waals surface area contributed by atoms with Crippen molar-refractivity contribution in [3.63, 3.8) is 0 Å². The number of halogens is 7. The van der Waals surface area contributed by atoms with E-state index in [-0.39, 0.29) is 37.2 Å². The minimum Gasteiger partial charge on any atom is -0.153 e. The number of allylic oxidation sites excluding steroid dienone is 4. The van der Waals surface area contributed by atoms with Gasteiger partial charge in [0.1, 0.15) is 9.75 Å². The Labute approximate surface area is 144 Å². The van der Waals surface area contributed by atoms with Gasteiger partial charge in [-0.05, 0) is 0 Å². The summed E-state index contributed by atoms with van der Waals surface area (Å²) in [5, 5.41) is 0.113. The van der Waals surface area contributed by atoms with E-state index in [9.17, 15) is 0 Å². The summed E-state index contributed by atoms with van der Waals surface area (Å²) in [5.41, 5.74) is 0. The number of hydrogen-bond acceptors (Lipinski definition) is 0. The van der Waals surface area contributed by atoms with Gasteiger partial charge in [0.05, 0.1) is 15.4 Å². The topological polar surface area (TPSA) is 0 Å². The quantitative estimate of drug-likeness (QED) is 0.291. The summed E-state index contributed by atoms with van der Waals surface area (Å²) < 4.78 is -1.48. The summed E-state index contributed by atoms with van der Waals surface area (Å²) in [5.74, 6) is -0.470. The third-order valence-corrected chi connectivity index (χ3v) is 8.61. The van der Waals surface area contributed by atoms with E-state index in [1.807, 2.05) is 12.2 Å². The number of hydrogen-bond donors (Lipinski definition) is 0. The summed E-state index contributed by atoms with van der Waals surface area (Å²) >= 11 is 44.5. The zero-order chi connectivity index (χ0) is 12.8. The molecule has 0 aromatic carbocycles. The minimum absolute atomic E-state index is 0. The van der Waals surface area contributed by atoms with E-state index >= 15 is 0 Å². The second-order valence-electron chi connectivity index (χ2n) is 4.51. The van der Waals surface area contributed by atoms with Crippen LogP contribution in [0.4, 0.5) is 0 Å². The van der Waals surface area contributed by atoms with E-state index in [1.54, 1.807) is 0 Å². The van der Waals surface area contributed by atoms with Crippen LogP contribution in [0.25, 0.3) is 0 Å². The van der Waals surface area contributed by atoms with Crippen LogP contribution in [-0.4, -0.2) is 19.5 Å². The highest BCUT2D eigenvalue weighted by molar-refractivity contribution is 6.92. The summed E-state index contributed by atoms with van der Waals surface area (Å²) in [4.78, 5) is -2.45. The highest BCUT2D eigenvalue weighted by atomic mass is 35.5. The molecule has 0 N–H and O–H groups in total. The maximum Gasteiger partial charge on any atom is 0.167 e. The molecule has 0 saturated heterocycles. The lowest BCUT2D eigenvalue weighted by Gasteiger charge is -2.34. The maximum atomic E-state index is 6.57. The molecule has 3 aliphatic carbocycles. The maximum absolute atomic E-state index is 6.57. The number of rotatable bonds is 0. The fourth-order valence-corrected chi connectivity index (χ4v) is 6.60. The van der Waals surface area contributed by atoms with Crippen molar-refractivity contribution in [1.82, 2.24) is 0 Å². The molecule has 102 valence electrons. The first-order chi connectivity index (χ1) is 7.70. The van der Waals surface area contributed by atoms with E-state index in [0.717, 1.165) is 0 Å². The van der Waals surface area contributed by atoms with Crippen molar-refractivity contribution >= 4 is 91.1 Å². The van der Waals surface area contributed by atoms with E-state index < -0.39 is 14.1 Å². The average molecular weight is 407 g/mol. The fourth-order valence-electron chi connectivity index (χ4n) is 3.08. The van der Waals surface area contributed by atoms with Crippen LogP contribution in [0.5, 0.6) is 0 Å². The lowest BCUT2D eigenvalue weighted by Crippen LogP contribution is -2.45. The van der Waals surface area contributed by atoms with Crippen LogP contribution in [0, 0.1) is 11.8 Å². The molecule has 0 amide bonds. The van der Waals surface area contributed by atoms with Crippen LogP contribution in [0.1, 0.15) is 0 Å². The van der Waals surface area contributed by atoms with Gasteiger partial charge >= 0.3 is 0 Å².